The van der Waals surface area contributed by atoms with Gasteiger partial charge in [0.2, 0.25) is 0 Å². The monoisotopic (exact) mass is 342 g/mol. The van der Waals surface area contributed by atoms with Crippen molar-refractivity contribution in [1.29, 1.82) is 0 Å². The van der Waals surface area contributed by atoms with Gasteiger partial charge < -0.3 is 5.32 Å². The molecule has 0 aromatic carbocycles. The molecule has 0 saturated heterocycles. The SMILES string of the molecule is CC(=O)c1cccc(-n2ccc(NC(=O)c3cscn3)cc2=O)n1.[HH]. The Hall–Kier alpha value is -3.13. The summed E-state index contributed by atoms with van der Waals surface area (Å²) in [6.07, 6.45) is 1.49. The van der Waals surface area contributed by atoms with Crippen LogP contribution in [-0.2, 0) is 0 Å². The summed E-state index contributed by atoms with van der Waals surface area (Å²) in [7, 11) is 0. The zero-order valence-corrected chi connectivity index (χ0v) is 13.4. The Morgan fingerprint density at radius 3 is 2.75 bits per heavy atom. The van der Waals surface area contributed by atoms with E-state index >= 15 is 0 Å². The number of carbonyl (C=O) groups is 2. The van der Waals surface area contributed by atoms with Gasteiger partial charge in [0.1, 0.15) is 17.2 Å². The average molecular weight is 342 g/mol. The van der Waals surface area contributed by atoms with E-state index in [-0.39, 0.29) is 24.4 Å². The van der Waals surface area contributed by atoms with Crippen molar-refractivity contribution in [1.82, 2.24) is 14.5 Å². The lowest BCUT2D eigenvalue weighted by Crippen LogP contribution is -2.20. The van der Waals surface area contributed by atoms with Gasteiger partial charge in [-0.3, -0.25) is 19.0 Å². The summed E-state index contributed by atoms with van der Waals surface area (Å²) >= 11 is 1.31. The Morgan fingerprint density at radius 2 is 2.08 bits per heavy atom. The molecule has 0 saturated carbocycles. The van der Waals surface area contributed by atoms with Crippen LogP contribution in [-0.4, -0.2) is 26.2 Å². The highest BCUT2D eigenvalue weighted by Crippen LogP contribution is 2.10. The maximum Gasteiger partial charge on any atom is 0.275 e. The van der Waals surface area contributed by atoms with E-state index in [0.29, 0.717) is 17.2 Å². The molecule has 0 spiro atoms. The van der Waals surface area contributed by atoms with Gasteiger partial charge in [-0.05, 0) is 18.2 Å². The van der Waals surface area contributed by atoms with Crippen molar-refractivity contribution < 1.29 is 11.0 Å². The molecule has 3 aromatic heterocycles. The standard InChI is InChI=1S/C16H12N4O3S.H2/c1-10(21)12-3-2-4-14(19-12)20-6-5-11(7-15(20)22)18-16(23)13-8-24-9-17-13;/h2-9H,1H3,(H,18,23);1H. The molecule has 7 nitrogen and oxygen atoms in total. The minimum Gasteiger partial charge on any atom is -0.320 e. The molecule has 0 atom stereocenters. The number of thiazole rings is 1. The third kappa shape index (κ3) is 3.28. The van der Waals surface area contributed by atoms with Crippen molar-refractivity contribution in [2.45, 2.75) is 6.92 Å². The number of ketones is 1. The van der Waals surface area contributed by atoms with Gasteiger partial charge in [0.15, 0.2) is 5.78 Å². The average Bonchev–Trinajstić information content (AvgIpc) is 3.09. The van der Waals surface area contributed by atoms with E-state index in [2.05, 4.69) is 15.3 Å². The van der Waals surface area contributed by atoms with Crippen LogP contribution in [0.4, 0.5) is 5.69 Å². The minimum absolute atomic E-state index is 0. The molecule has 0 fully saturated rings. The Kier molecular flexibility index (Phi) is 4.30. The van der Waals surface area contributed by atoms with Gasteiger partial charge >= 0.3 is 0 Å². The molecule has 3 rings (SSSR count). The van der Waals surface area contributed by atoms with Crippen LogP contribution in [0.5, 0.6) is 0 Å². The summed E-state index contributed by atoms with van der Waals surface area (Å²) in [5.74, 6) is -0.229. The van der Waals surface area contributed by atoms with Crippen molar-refractivity contribution in [3.8, 4) is 5.82 Å². The molecule has 122 valence electrons. The van der Waals surface area contributed by atoms with Gasteiger partial charge in [0.25, 0.3) is 11.5 Å². The van der Waals surface area contributed by atoms with E-state index in [0.717, 1.165) is 0 Å². The molecule has 3 heterocycles. The molecule has 8 heteroatoms. The van der Waals surface area contributed by atoms with Crippen LogP contribution in [0.2, 0.25) is 0 Å². The fourth-order valence-electron chi connectivity index (χ4n) is 2.02. The first-order valence-corrected chi connectivity index (χ1v) is 7.89. The fraction of sp³-hybridized carbons (Fsp3) is 0.0625. The van der Waals surface area contributed by atoms with Crippen LogP contribution < -0.4 is 10.9 Å². The van der Waals surface area contributed by atoms with E-state index in [1.54, 1.807) is 35.2 Å². The van der Waals surface area contributed by atoms with Gasteiger partial charge in [-0.1, -0.05) is 6.07 Å². The second-order valence-corrected chi connectivity index (χ2v) is 5.61. The summed E-state index contributed by atoms with van der Waals surface area (Å²) in [4.78, 5) is 43.7. The number of Topliss-reactive ketones (excluding diaryl/α,β-unsaturated/α-hetero) is 1. The van der Waals surface area contributed by atoms with E-state index in [1.165, 1.54) is 35.1 Å². The first kappa shape index (κ1) is 15.8. The topological polar surface area (TPSA) is 94.0 Å². The second-order valence-electron chi connectivity index (χ2n) is 4.89. The highest BCUT2D eigenvalue weighted by atomic mass is 32.1. The number of rotatable bonds is 4. The number of aromatic nitrogens is 3. The summed E-state index contributed by atoms with van der Waals surface area (Å²) in [6.45, 7) is 1.41. The molecular formula is C16H14N4O3S. The predicted octanol–water partition coefficient (Wildman–Crippen LogP) is 2.39. The van der Waals surface area contributed by atoms with E-state index in [1.807, 2.05) is 0 Å². The van der Waals surface area contributed by atoms with Gasteiger partial charge in [-0.15, -0.1) is 11.3 Å². The predicted molar refractivity (Wildman–Crippen MR) is 92.0 cm³/mol. The molecule has 1 amide bonds. The van der Waals surface area contributed by atoms with Gasteiger partial charge in [0.05, 0.1) is 5.51 Å². The number of anilines is 1. The van der Waals surface area contributed by atoms with Crippen LogP contribution in [0.15, 0.2) is 52.2 Å². The van der Waals surface area contributed by atoms with Crippen LogP contribution in [0, 0.1) is 0 Å². The lowest BCUT2D eigenvalue weighted by atomic mass is 10.2. The zero-order valence-electron chi connectivity index (χ0n) is 12.6. The normalized spacial score (nSPS) is 10.4. The Bertz CT molecular complexity index is 970. The number of amides is 1. The largest absolute Gasteiger partial charge is 0.320 e. The molecule has 1 N–H and O–H groups in total. The maximum atomic E-state index is 12.3. The Balaban J connectivity index is 0.00000225. The fourth-order valence-corrected chi connectivity index (χ4v) is 2.55. The highest BCUT2D eigenvalue weighted by molar-refractivity contribution is 7.07. The van der Waals surface area contributed by atoms with E-state index in [4.69, 9.17) is 0 Å². The lowest BCUT2D eigenvalue weighted by molar-refractivity contribution is 0.100. The van der Waals surface area contributed by atoms with Crippen molar-refractivity contribution in [2.75, 3.05) is 5.32 Å². The summed E-state index contributed by atoms with van der Waals surface area (Å²) < 4.78 is 1.30. The number of pyridine rings is 2. The van der Waals surface area contributed by atoms with Gasteiger partial charge in [0, 0.05) is 31.7 Å². The number of hydrogen-bond acceptors (Lipinski definition) is 6. The van der Waals surface area contributed by atoms with Gasteiger partial charge in [-0.2, -0.15) is 0 Å². The van der Waals surface area contributed by atoms with Crippen molar-refractivity contribution in [3.63, 3.8) is 0 Å². The first-order valence-electron chi connectivity index (χ1n) is 6.95. The summed E-state index contributed by atoms with van der Waals surface area (Å²) in [5, 5.41) is 4.23. The number of hydrogen-bond donors (Lipinski definition) is 1. The van der Waals surface area contributed by atoms with E-state index < -0.39 is 0 Å². The molecule has 24 heavy (non-hydrogen) atoms. The minimum atomic E-state index is -0.384. The van der Waals surface area contributed by atoms with Crippen LogP contribution in [0.3, 0.4) is 0 Å². The molecule has 0 aliphatic heterocycles. The van der Waals surface area contributed by atoms with Crippen molar-refractivity contribution >= 4 is 28.7 Å². The zero-order chi connectivity index (χ0) is 17.1. The van der Waals surface area contributed by atoms with Crippen molar-refractivity contribution in [3.05, 3.63) is 69.2 Å². The van der Waals surface area contributed by atoms with Crippen LogP contribution in [0.1, 0.15) is 29.3 Å². The highest BCUT2D eigenvalue weighted by Gasteiger charge is 2.10. The van der Waals surface area contributed by atoms with Crippen LogP contribution in [0.25, 0.3) is 5.82 Å². The number of nitrogens with one attached hydrogen (secondary N) is 1. The van der Waals surface area contributed by atoms with Gasteiger partial charge in [-0.25, -0.2) is 9.97 Å². The Morgan fingerprint density at radius 1 is 1.25 bits per heavy atom. The Labute approximate surface area is 142 Å². The van der Waals surface area contributed by atoms with E-state index in [9.17, 15) is 14.4 Å². The third-order valence-electron chi connectivity index (χ3n) is 3.18. The maximum absolute atomic E-state index is 12.3. The number of nitrogens with zero attached hydrogens (tertiary/aromatic N) is 3. The molecular weight excluding hydrogens is 328 g/mol. The quantitative estimate of drug-likeness (QED) is 0.735. The van der Waals surface area contributed by atoms with Crippen molar-refractivity contribution in [2.24, 2.45) is 0 Å². The molecule has 0 aliphatic carbocycles. The first-order chi connectivity index (χ1) is 11.5. The third-order valence-corrected chi connectivity index (χ3v) is 3.77. The molecule has 0 bridgehead atoms. The number of carbonyl (C=O) groups excluding carboxylic acids is 2. The summed E-state index contributed by atoms with van der Waals surface area (Å²) in [5.41, 5.74) is 2.11. The van der Waals surface area contributed by atoms with Crippen LogP contribution >= 0.6 is 11.3 Å². The second kappa shape index (κ2) is 6.55. The molecule has 0 unspecified atom stereocenters. The molecule has 0 radical (unpaired) electrons. The lowest BCUT2D eigenvalue weighted by Gasteiger charge is -2.08. The smallest absolute Gasteiger partial charge is 0.275 e. The molecule has 3 aromatic rings. The summed E-state index contributed by atoms with van der Waals surface area (Å²) in [6, 6.07) is 7.73. The molecule has 0 aliphatic rings.